The predicted molar refractivity (Wildman–Crippen MR) is 80.2 cm³/mol. The topological polar surface area (TPSA) is 43.1 Å². The third-order valence-electron chi connectivity index (χ3n) is 3.04. The molecule has 0 aliphatic heterocycles. The van der Waals surface area contributed by atoms with E-state index < -0.39 is 0 Å². The maximum Gasteiger partial charge on any atom is 0.193 e. The maximum absolute atomic E-state index is 13.3. The monoisotopic (exact) mass is 311 g/mol. The molecular formula is C15H12Cl2FNO. The smallest absolute Gasteiger partial charge is 0.193 e. The molecule has 0 amide bonds. The van der Waals surface area contributed by atoms with E-state index in [1.54, 1.807) is 13.8 Å². The van der Waals surface area contributed by atoms with Crippen LogP contribution in [0.2, 0.25) is 10.0 Å². The molecule has 0 radical (unpaired) electrons. The molecular weight excluding hydrogens is 300 g/mol. The van der Waals surface area contributed by atoms with Crippen molar-refractivity contribution in [3.63, 3.8) is 0 Å². The molecule has 2 nitrogen and oxygen atoms in total. The molecule has 104 valence electrons. The molecule has 5 heteroatoms. The number of carbonyl (C=O) groups excluding carboxylic acids is 1. The largest absolute Gasteiger partial charge is 0.397 e. The van der Waals surface area contributed by atoms with Gasteiger partial charge in [0.2, 0.25) is 0 Å². The lowest BCUT2D eigenvalue weighted by atomic mass is 9.94. The lowest BCUT2D eigenvalue weighted by Gasteiger charge is -2.11. The van der Waals surface area contributed by atoms with E-state index in [1.807, 2.05) is 0 Å². The van der Waals surface area contributed by atoms with Crippen molar-refractivity contribution in [2.24, 2.45) is 0 Å². The number of halogens is 3. The summed E-state index contributed by atoms with van der Waals surface area (Å²) < 4.78 is 13.3. The summed E-state index contributed by atoms with van der Waals surface area (Å²) in [6.45, 7) is 3.37. The molecule has 0 saturated heterocycles. The van der Waals surface area contributed by atoms with Gasteiger partial charge in [-0.3, -0.25) is 4.79 Å². The SMILES string of the molecule is Cc1cc(F)cc(C)c1C(=O)c1cc(N)c(Cl)c(Cl)c1. The van der Waals surface area contributed by atoms with Crippen molar-refractivity contribution in [3.8, 4) is 0 Å². The molecule has 0 bridgehead atoms. The lowest BCUT2D eigenvalue weighted by molar-refractivity contribution is 0.103. The van der Waals surface area contributed by atoms with Gasteiger partial charge in [0, 0.05) is 11.1 Å². The van der Waals surface area contributed by atoms with E-state index in [9.17, 15) is 9.18 Å². The second kappa shape index (κ2) is 5.43. The number of ketones is 1. The number of benzene rings is 2. The zero-order valence-corrected chi connectivity index (χ0v) is 12.4. The number of rotatable bonds is 2. The maximum atomic E-state index is 13.3. The van der Waals surface area contributed by atoms with Gasteiger partial charge in [-0.1, -0.05) is 23.2 Å². The van der Waals surface area contributed by atoms with Gasteiger partial charge in [-0.25, -0.2) is 4.39 Å². The van der Waals surface area contributed by atoms with Gasteiger partial charge in [0.1, 0.15) is 5.82 Å². The van der Waals surface area contributed by atoms with Gasteiger partial charge in [-0.15, -0.1) is 0 Å². The molecule has 2 rings (SSSR count). The van der Waals surface area contributed by atoms with Crippen LogP contribution in [-0.2, 0) is 0 Å². The van der Waals surface area contributed by atoms with Crippen molar-refractivity contribution in [1.29, 1.82) is 0 Å². The Hall–Kier alpha value is -1.58. The normalized spacial score (nSPS) is 10.7. The standard InChI is InChI=1S/C15H12Cl2FNO/c1-7-3-10(18)4-8(2)13(7)15(20)9-5-11(16)14(17)12(19)6-9/h3-6H,19H2,1-2H3. The molecule has 0 unspecified atom stereocenters. The zero-order chi connectivity index (χ0) is 15.0. The first-order valence-corrected chi connectivity index (χ1v) is 6.63. The number of hydrogen-bond donors (Lipinski definition) is 1. The highest BCUT2D eigenvalue weighted by Gasteiger charge is 2.17. The van der Waals surface area contributed by atoms with E-state index in [1.165, 1.54) is 24.3 Å². The second-order valence-corrected chi connectivity index (χ2v) is 5.39. The number of hydrogen-bond acceptors (Lipinski definition) is 2. The van der Waals surface area contributed by atoms with E-state index in [0.29, 0.717) is 22.3 Å². The Balaban J connectivity index is 2.58. The predicted octanol–water partition coefficient (Wildman–Crippen LogP) is 4.56. The van der Waals surface area contributed by atoms with Crippen molar-refractivity contribution >= 4 is 34.7 Å². The van der Waals surface area contributed by atoms with Crippen LogP contribution in [-0.4, -0.2) is 5.78 Å². The molecule has 0 aliphatic rings. The van der Waals surface area contributed by atoms with Gasteiger partial charge in [0.15, 0.2) is 5.78 Å². The highest BCUT2D eigenvalue weighted by molar-refractivity contribution is 6.44. The minimum atomic E-state index is -0.370. The average Bonchev–Trinajstić information content (AvgIpc) is 2.33. The Kier molecular flexibility index (Phi) is 4.02. The van der Waals surface area contributed by atoms with E-state index in [-0.39, 0.29) is 27.3 Å². The Bertz CT molecular complexity index is 667. The van der Waals surface area contributed by atoms with Crippen molar-refractivity contribution < 1.29 is 9.18 Å². The summed E-state index contributed by atoms with van der Waals surface area (Å²) in [6.07, 6.45) is 0. The molecule has 0 spiro atoms. The van der Waals surface area contributed by atoms with Crippen LogP contribution >= 0.6 is 23.2 Å². The average molecular weight is 312 g/mol. The summed E-state index contributed by atoms with van der Waals surface area (Å²) in [5, 5.41) is 0.434. The Labute approximate surface area is 126 Å². The summed E-state index contributed by atoms with van der Waals surface area (Å²) in [5.74, 6) is -0.629. The quantitative estimate of drug-likeness (QED) is 0.652. The number of nitrogen functional groups attached to an aromatic ring is 1. The summed E-state index contributed by atoms with van der Waals surface area (Å²) in [5.41, 5.74) is 7.86. The summed E-state index contributed by atoms with van der Waals surface area (Å²) in [7, 11) is 0. The van der Waals surface area contributed by atoms with Crippen molar-refractivity contribution in [2.45, 2.75) is 13.8 Å². The van der Waals surface area contributed by atoms with E-state index in [2.05, 4.69) is 0 Å². The van der Waals surface area contributed by atoms with Crippen LogP contribution in [0.25, 0.3) is 0 Å². The summed E-state index contributed by atoms with van der Waals surface area (Å²) >= 11 is 11.8. The first-order chi connectivity index (χ1) is 9.31. The number of anilines is 1. The Morgan fingerprint density at radius 2 is 1.65 bits per heavy atom. The van der Waals surface area contributed by atoms with Crippen molar-refractivity contribution in [2.75, 3.05) is 5.73 Å². The fourth-order valence-electron chi connectivity index (χ4n) is 2.15. The van der Waals surface area contributed by atoms with Crippen molar-refractivity contribution in [3.05, 3.63) is 62.4 Å². The first-order valence-electron chi connectivity index (χ1n) is 5.87. The van der Waals surface area contributed by atoms with Crippen LogP contribution in [0, 0.1) is 19.7 Å². The molecule has 2 aromatic carbocycles. The van der Waals surface area contributed by atoms with Gasteiger partial charge in [-0.05, 0) is 49.2 Å². The van der Waals surface area contributed by atoms with Gasteiger partial charge >= 0.3 is 0 Å². The van der Waals surface area contributed by atoms with Gasteiger partial charge < -0.3 is 5.73 Å². The molecule has 20 heavy (non-hydrogen) atoms. The van der Waals surface area contributed by atoms with Crippen LogP contribution in [0.4, 0.5) is 10.1 Å². The number of aryl methyl sites for hydroxylation is 2. The van der Waals surface area contributed by atoms with Crippen LogP contribution < -0.4 is 5.73 Å². The fourth-order valence-corrected chi connectivity index (χ4v) is 2.49. The minimum absolute atomic E-state index is 0.215. The van der Waals surface area contributed by atoms with Crippen LogP contribution in [0.1, 0.15) is 27.0 Å². The van der Waals surface area contributed by atoms with Crippen molar-refractivity contribution in [1.82, 2.24) is 0 Å². The van der Waals surface area contributed by atoms with Gasteiger partial charge in [-0.2, -0.15) is 0 Å². The summed E-state index contributed by atoms with van der Waals surface area (Å²) in [4.78, 5) is 12.5. The molecule has 0 aromatic heterocycles. The number of carbonyl (C=O) groups is 1. The number of nitrogens with two attached hydrogens (primary N) is 1. The van der Waals surface area contributed by atoms with E-state index in [0.717, 1.165) is 0 Å². The van der Waals surface area contributed by atoms with Crippen LogP contribution in [0.3, 0.4) is 0 Å². The second-order valence-electron chi connectivity index (χ2n) is 4.60. The molecule has 2 aromatic rings. The molecule has 2 N–H and O–H groups in total. The molecule has 0 saturated carbocycles. The fraction of sp³-hybridized carbons (Fsp3) is 0.133. The third kappa shape index (κ3) is 2.65. The Morgan fingerprint density at radius 3 is 2.15 bits per heavy atom. The molecule has 0 aliphatic carbocycles. The van der Waals surface area contributed by atoms with Crippen LogP contribution in [0.15, 0.2) is 24.3 Å². The summed E-state index contributed by atoms with van der Waals surface area (Å²) in [6, 6.07) is 5.58. The highest BCUT2D eigenvalue weighted by Crippen LogP contribution is 2.31. The van der Waals surface area contributed by atoms with E-state index >= 15 is 0 Å². The van der Waals surface area contributed by atoms with Gasteiger partial charge in [0.25, 0.3) is 0 Å². The minimum Gasteiger partial charge on any atom is -0.397 e. The van der Waals surface area contributed by atoms with E-state index in [4.69, 9.17) is 28.9 Å². The zero-order valence-electron chi connectivity index (χ0n) is 10.9. The van der Waals surface area contributed by atoms with Gasteiger partial charge in [0.05, 0.1) is 15.7 Å². The highest BCUT2D eigenvalue weighted by atomic mass is 35.5. The first kappa shape index (κ1) is 14.8. The lowest BCUT2D eigenvalue weighted by Crippen LogP contribution is -2.08. The third-order valence-corrected chi connectivity index (χ3v) is 3.86. The van der Waals surface area contributed by atoms with Crippen LogP contribution in [0.5, 0.6) is 0 Å². The molecule has 0 atom stereocenters. The Morgan fingerprint density at radius 1 is 1.10 bits per heavy atom. The molecule has 0 fully saturated rings. The molecule has 0 heterocycles.